The number of Topliss-reactive ketones (excluding diaryl/α,β-unsaturated/α-hetero) is 1. The fourth-order valence-electron chi connectivity index (χ4n) is 9.26. The van der Waals surface area contributed by atoms with Gasteiger partial charge < -0.3 is 0 Å². The molecule has 0 N–H and O–H groups in total. The number of carbonyl (C=O) groups is 1. The van der Waals surface area contributed by atoms with Crippen molar-refractivity contribution in [1.29, 1.82) is 0 Å². The first-order chi connectivity index (χ1) is 35.0. The summed E-state index contributed by atoms with van der Waals surface area (Å²) in [5.74, 6) is -68.6. The number of hydrogen-bond donors (Lipinski definition) is 0. The molecular formula is C51H37BF20OS. The van der Waals surface area contributed by atoms with Gasteiger partial charge in [-0.3, -0.25) is 4.79 Å². The van der Waals surface area contributed by atoms with Crippen LogP contribution >= 0.6 is 0 Å². The molecule has 1 unspecified atom stereocenters. The quantitative estimate of drug-likeness (QED) is 0.0190. The van der Waals surface area contributed by atoms with Gasteiger partial charge in [-0.15, -0.1) is 21.9 Å². The highest BCUT2D eigenvalue weighted by Gasteiger charge is 2.52. The van der Waals surface area contributed by atoms with Gasteiger partial charge in [0.15, 0.2) is 80.5 Å². The van der Waals surface area contributed by atoms with E-state index in [-0.39, 0.29) is 10.9 Å². The third kappa shape index (κ3) is 10.5. The Hall–Kier alpha value is -6.00. The van der Waals surface area contributed by atoms with Gasteiger partial charge in [-0.1, -0.05) is 87.9 Å². The maximum absolute atomic E-state index is 15.4. The van der Waals surface area contributed by atoms with Crippen molar-refractivity contribution in [2.45, 2.75) is 81.9 Å². The molecule has 0 aromatic heterocycles. The molecule has 6 aromatic rings. The number of benzene rings is 6. The van der Waals surface area contributed by atoms with Crippen LogP contribution < -0.4 is 21.9 Å². The summed E-state index contributed by atoms with van der Waals surface area (Å²) in [6.07, 6.45) is 6.06. The van der Waals surface area contributed by atoms with Crippen molar-refractivity contribution in [3.8, 4) is 0 Å². The summed E-state index contributed by atoms with van der Waals surface area (Å²) in [5.41, 5.74) is -12.0. The lowest BCUT2D eigenvalue weighted by molar-refractivity contribution is 0.102. The average Bonchev–Trinajstić information content (AvgIpc) is 3.41. The highest BCUT2D eigenvalue weighted by molar-refractivity contribution is 7.97. The van der Waals surface area contributed by atoms with E-state index in [4.69, 9.17) is 0 Å². The highest BCUT2D eigenvalue weighted by Crippen LogP contribution is 2.34. The first-order valence-corrected chi connectivity index (χ1v) is 24.1. The molecule has 1 saturated carbocycles. The molecule has 23 heteroatoms. The van der Waals surface area contributed by atoms with Gasteiger partial charge in [-0.25, -0.2) is 87.8 Å². The molecule has 0 radical (unpaired) electrons. The van der Waals surface area contributed by atoms with Gasteiger partial charge in [0.25, 0.3) is 0 Å². The van der Waals surface area contributed by atoms with Crippen LogP contribution in [0.2, 0.25) is 0 Å². The average molecular weight is 1090 g/mol. The van der Waals surface area contributed by atoms with E-state index in [0.29, 0.717) is 11.5 Å². The summed E-state index contributed by atoms with van der Waals surface area (Å²) in [6, 6.07) is 19.2. The molecule has 74 heavy (non-hydrogen) atoms. The largest absolute Gasteiger partial charge is 0.289 e. The van der Waals surface area contributed by atoms with Gasteiger partial charge in [0.1, 0.15) is 58.4 Å². The van der Waals surface area contributed by atoms with E-state index in [2.05, 4.69) is 31.2 Å². The minimum absolute atomic E-state index is 0.0134. The molecule has 0 amide bonds. The Morgan fingerprint density at radius 2 is 0.743 bits per heavy atom. The highest BCUT2D eigenvalue weighted by atomic mass is 32.2. The van der Waals surface area contributed by atoms with Crippen molar-refractivity contribution in [1.82, 2.24) is 0 Å². The molecule has 1 aliphatic carbocycles. The Bertz CT molecular complexity index is 2670. The first-order valence-electron chi connectivity index (χ1n) is 22.6. The van der Waals surface area contributed by atoms with E-state index >= 15 is 35.1 Å². The molecule has 1 aliphatic rings. The third-order valence-corrected chi connectivity index (χ3v) is 15.2. The monoisotopic (exact) mass is 1090 g/mol. The van der Waals surface area contributed by atoms with Crippen molar-refractivity contribution in [3.05, 3.63) is 182 Å². The number of rotatable bonds is 15. The van der Waals surface area contributed by atoms with Gasteiger partial charge in [-0.2, -0.15) is 0 Å². The zero-order valence-electron chi connectivity index (χ0n) is 38.2. The number of ketones is 1. The molecule has 6 aromatic carbocycles. The van der Waals surface area contributed by atoms with Crippen molar-refractivity contribution in [3.63, 3.8) is 0 Å². The Morgan fingerprint density at radius 1 is 0.419 bits per heavy atom. The van der Waals surface area contributed by atoms with Crippen molar-refractivity contribution in [2.24, 2.45) is 0 Å². The second-order valence-corrected chi connectivity index (χ2v) is 19.4. The molecular weight excluding hydrogens is 1050 g/mol. The topological polar surface area (TPSA) is 17.1 Å². The molecule has 0 aliphatic heterocycles. The fraction of sp³-hybridized carbons (Fsp3) is 0.275. The SMILES string of the molecule is CCCCCCC[S+](CC(=O)c1ccccc1)c1ccc(C2CCCCC2)cc1.Fc1c(F)c(F)c([B-](c2c(F)c(F)c(F)c(F)c2F)(c2c(F)c(F)c(F)c(F)c2F)c2c(F)c(F)c(F)c(F)c2F)c(F)c1F. The van der Waals surface area contributed by atoms with Crippen LogP contribution in [0.4, 0.5) is 87.8 Å². The molecule has 0 heterocycles. The minimum atomic E-state index is -7.22. The number of unbranched alkanes of at least 4 members (excludes halogenated alkanes) is 4. The standard InChI is InChI=1S/C27H37OS.C24BF20/c1-2-3-4-5-12-21-29(22-27(28)25-15-10-7-11-16-25)26-19-17-24(18-20-26)23-13-8-6-9-14-23;26-5-1(6(27)14(35)21(42)13(5)34)25(2-7(28)15(36)22(43)16(37)8(2)29,3-9(30)17(38)23(44)18(39)10(3)31)4-11(32)19(40)24(45)20(41)12(4)33/h7,10-11,15-20,23H,2-6,8-9,12-14,21-22H2,1H3;/q+1;-1. The molecule has 7 rings (SSSR count). The summed E-state index contributed by atoms with van der Waals surface area (Å²) < 4.78 is 294. The lowest BCUT2D eigenvalue weighted by atomic mass is 9.12. The van der Waals surface area contributed by atoms with E-state index in [9.17, 15) is 57.5 Å². The van der Waals surface area contributed by atoms with E-state index in [1.165, 1.54) is 74.7 Å². The second kappa shape index (κ2) is 23.7. The maximum atomic E-state index is 15.4. The van der Waals surface area contributed by atoms with E-state index < -0.39 is 144 Å². The first kappa shape index (κ1) is 57.3. The minimum Gasteiger partial charge on any atom is -0.289 e. The zero-order chi connectivity index (χ0) is 54.7. The smallest absolute Gasteiger partial charge is 0.212 e. The second-order valence-electron chi connectivity index (χ2n) is 17.2. The summed E-state index contributed by atoms with van der Waals surface area (Å²) in [4.78, 5) is 14.3. The Morgan fingerprint density at radius 3 is 1.08 bits per heavy atom. The molecule has 0 bridgehead atoms. The van der Waals surface area contributed by atoms with Crippen molar-refractivity contribution < 1.29 is 92.6 Å². The van der Waals surface area contributed by atoms with Crippen LogP contribution in [0.1, 0.15) is 93.0 Å². The Labute approximate surface area is 411 Å². The van der Waals surface area contributed by atoms with Crippen LogP contribution in [-0.4, -0.2) is 23.4 Å². The van der Waals surface area contributed by atoms with E-state index in [1.807, 2.05) is 30.3 Å². The van der Waals surface area contributed by atoms with Crippen molar-refractivity contribution in [2.75, 3.05) is 11.5 Å². The number of halogens is 20. The molecule has 396 valence electrons. The van der Waals surface area contributed by atoms with Crippen LogP contribution in [0.3, 0.4) is 0 Å². The third-order valence-electron chi connectivity index (χ3n) is 12.9. The normalized spacial score (nSPS) is 13.5. The lowest BCUT2D eigenvalue weighted by Crippen LogP contribution is -2.81. The van der Waals surface area contributed by atoms with Crippen LogP contribution in [0.15, 0.2) is 59.5 Å². The van der Waals surface area contributed by atoms with Gasteiger partial charge in [0, 0.05) is 16.5 Å². The lowest BCUT2D eigenvalue weighted by Gasteiger charge is -2.44. The Balaban J connectivity index is 0.000000265. The number of hydrogen-bond acceptors (Lipinski definition) is 1. The summed E-state index contributed by atoms with van der Waals surface area (Å²) >= 11 is 0. The van der Waals surface area contributed by atoms with Gasteiger partial charge in [0.05, 0.1) is 0 Å². The Kier molecular flexibility index (Phi) is 18.3. The summed E-state index contributed by atoms with van der Waals surface area (Å²) in [5, 5.41) is 0. The number of carbonyl (C=O) groups excluding carboxylic acids is 1. The van der Waals surface area contributed by atoms with Crippen LogP contribution in [0.25, 0.3) is 0 Å². The molecule has 1 nitrogen and oxygen atoms in total. The van der Waals surface area contributed by atoms with Gasteiger partial charge >= 0.3 is 0 Å². The van der Waals surface area contributed by atoms with E-state index in [0.717, 1.165) is 17.2 Å². The maximum Gasteiger partial charge on any atom is 0.212 e. The van der Waals surface area contributed by atoms with Crippen LogP contribution in [-0.2, 0) is 10.9 Å². The van der Waals surface area contributed by atoms with E-state index in [1.54, 1.807) is 0 Å². The molecule has 1 fully saturated rings. The molecule has 1 atom stereocenters. The summed E-state index contributed by atoms with van der Waals surface area (Å²) in [6.45, 7) is 2.26. The molecule has 0 spiro atoms. The predicted molar refractivity (Wildman–Crippen MR) is 236 cm³/mol. The summed E-state index contributed by atoms with van der Waals surface area (Å²) in [7, 11) is 0.0134. The fourth-order valence-corrected chi connectivity index (χ4v) is 11.4. The zero-order valence-corrected chi connectivity index (χ0v) is 39.0. The predicted octanol–water partition coefficient (Wildman–Crippen LogP) is 13.4. The van der Waals surface area contributed by atoms with Crippen molar-refractivity contribution >= 4 is 44.7 Å². The van der Waals surface area contributed by atoms with Crippen LogP contribution in [0.5, 0.6) is 0 Å². The van der Waals surface area contributed by atoms with Crippen LogP contribution in [0, 0.1) is 116 Å². The van der Waals surface area contributed by atoms with Gasteiger partial charge in [0.2, 0.25) is 5.78 Å². The van der Waals surface area contributed by atoms with Gasteiger partial charge in [-0.05, 0) is 49.3 Å². The molecule has 0 saturated heterocycles.